The number of amides is 2. The Hall–Kier alpha value is -3.26. The zero-order valence-corrected chi connectivity index (χ0v) is 19.6. The first-order valence-electron chi connectivity index (χ1n) is 11.3. The number of thioether (sulfide) groups is 1. The van der Waals surface area contributed by atoms with Gasteiger partial charge in [-0.25, -0.2) is 9.59 Å². The van der Waals surface area contributed by atoms with Crippen LogP contribution in [0.4, 0.5) is 4.79 Å². The molecule has 4 rings (SSSR count). The van der Waals surface area contributed by atoms with Crippen molar-refractivity contribution in [3.05, 3.63) is 72.3 Å². The normalized spacial score (nSPS) is 17.9. The molecule has 1 fully saturated rings. The van der Waals surface area contributed by atoms with Crippen molar-refractivity contribution in [2.75, 3.05) is 24.7 Å². The predicted molar refractivity (Wildman–Crippen MR) is 132 cm³/mol. The Labute approximate surface area is 203 Å². The Balaban J connectivity index is 1.44. The maximum Gasteiger partial charge on any atom is 0.407 e. The van der Waals surface area contributed by atoms with Gasteiger partial charge >= 0.3 is 12.1 Å². The summed E-state index contributed by atoms with van der Waals surface area (Å²) in [6.45, 7) is 4.16. The van der Waals surface area contributed by atoms with Crippen LogP contribution in [0.3, 0.4) is 0 Å². The van der Waals surface area contributed by atoms with Gasteiger partial charge in [0.2, 0.25) is 5.91 Å². The van der Waals surface area contributed by atoms with Crippen molar-refractivity contribution in [2.24, 2.45) is 0 Å². The van der Waals surface area contributed by atoms with Gasteiger partial charge in [0.05, 0.1) is 0 Å². The van der Waals surface area contributed by atoms with E-state index in [9.17, 15) is 19.5 Å². The highest BCUT2D eigenvalue weighted by atomic mass is 32.2. The highest BCUT2D eigenvalue weighted by molar-refractivity contribution is 7.99. The number of carboxylic acids is 1. The fourth-order valence-corrected chi connectivity index (χ4v) is 5.63. The number of ether oxygens (including phenoxy) is 1. The average molecular weight is 481 g/mol. The number of benzene rings is 2. The summed E-state index contributed by atoms with van der Waals surface area (Å²) in [5, 5.41) is 12.2. The van der Waals surface area contributed by atoms with E-state index in [1.807, 2.05) is 36.4 Å². The van der Waals surface area contributed by atoms with Gasteiger partial charge in [-0.1, -0.05) is 54.6 Å². The van der Waals surface area contributed by atoms with Gasteiger partial charge in [-0.3, -0.25) is 4.79 Å². The number of aliphatic carboxylic acids is 1. The number of allylic oxidation sites excluding steroid dienone is 1. The zero-order chi connectivity index (χ0) is 24.1. The van der Waals surface area contributed by atoms with Crippen LogP contribution in [0.5, 0.6) is 0 Å². The lowest BCUT2D eigenvalue weighted by Gasteiger charge is -2.35. The van der Waals surface area contributed by atoms with E-state index in [1.165, 1.54) is 16.7 Å². The third kappa shape index (κ3) is 4.97. The number of rotatable bonds is 8. The standard InChI is InChI=1S/C26H28N2O5S/c1-2-3-12-22(24(29)28-13-14-34-16-23(28)25(30)31)27-26(32)33-15-21-19-10-6-4-8-17(19)18-9-5-7-11-20(18)21/h2,4-11,21-23H,1,3,12-16H2,(H,27,32)(H,30,31). The molecule has 8 heteroatoms. The van der Waals surface area contributed by atoms with Crippen LogP contribution < -0.4 is 5.32 Å². The van der Waals surface area contributed by atoms with Gasteiger partial charge in [-0.15, -0.1) is 6.58 Å². The average Bonchev–Trinajstić information content (AvgIpc) is 3.18. The molecule has 0 spiro atoms. The summed E-state index contributed by atoms with van der Waals surface area (Å²) in [7, 11) is 0. The van der Waals surface area contributed by atoms with Crippen LogP contribution in [0.15, 0.2) is 61.2 Å². The summed E-state index contributed by atoms with van der Waals surface area (Å²) < 4.78 is 5.59. The van der Waals surface area contributed by atoms with Crippen molar-refractivity contribution in [1.82, 2.24) is 10.2 Å². The molecular weight excluding hydrogens is 452 g/mol. The zero-order valence-electron chi connectivity index (χ0n) is 18.8. The molecule has 0 radical (unpaired) electrons. The van der Waals surface area contributed by atoms with Gasteiger partial charge in [0, 0.05) is 24.0 Å². The summed E-state index contributed by atoms with van der Waals surface area (Å²) in [4.78, 5) is 38.9. The number of alkyl carbamates (subject to hydrolysis) is 1. The van der Waals surface area contributed by atoms with E-state index in [1.54, 1.807) is 6.08 Å². The molecular formula is C26H28N2O5S. The van der Waals surface area contributed by atoms with E-state index in [0.29, 0.717) is 30.9 Å². The number of hydrogen-bond acceptors (Lipinski definition) is 5. The molecule has 1 heterocycles. The summed E-state index contributed by atoms with van der Waals surface area (Å²) in [5.74, 6) is -0.530. The topological polar surface area (TPSA) is 95.9 Å². The van der Waals surface area contributed by atoms with E-state index in [4.69, 9.17) is 4.74 Å². The number of nitrogens with zero attached hydrogens (tertiary/aromatic N) is 1. The third-order valence-electron chi connectivity index (χ3n) is 6.29. The summed E-state index contributed by atoms with van der Waals surface area (Å²) in [6.07, 6.45) is 1.80. The minimum Gasteiger partial charge on any atom is -0.480 e. The van der Waals surface area contributed by atoms with Crippen LogP contribution in [0, 0.1) is 0 Å². The number of hydrogen-bond donors (Lipinski definition) is 2. The second-order valence-electron chi connectivity index (χ2n) is 8.35. The Bertz CT molecular complexity index is 1040. The Morgan fingerprint density at radius 1 is 1.15 bits per heavy atom. The van der Waals surface area contributed by atoms with E-state index in [0.717, 1.165) is 22.3 Å². The quantitative estimate of drug-likeness (QED) is 0.557. The molecule has 0 aromatic heterocycles. The molecule has 1 saturated heterocycles. The lowest BCUT2D eigenvalue weighted by molar-refractivity contribution is -0.150. The number of carbonyl (C=O) groups excluding carboxylic acids is 2. The molecule has 1 aliphatic heterocycles. The fourth-order valence-electron chi connectivity index (χ4n) is 4.60. The monoisotopic (exact) mass is 480 g/mol. The molecule has 7 nitrogen and oxygen atoms in total. The van der Waals surface area contributed by atoms with E-state index in [2.05, 4.69) is 24.0 Å². The molecule has 2 aromatic rings. The highest BCUT2D eigenvalue weighted by Gasteiger charge is 2.36. The lowest BCUT2D eigenvalue weighted by atomic mass is 9.98. The van der Waals surface area contributed by atoms with E-state index < -0.39 is 30.1 Å². The summed E-state index contributed by atoms with van der Waals surface area (Å²) in [6, 6.07) is 14.4. The molecule has 2 aliphatic rings. The minimum atomic E-state index is -1.04. The van der Waals surface area contributed by atoms with Crippen molar-refractivity contribution in [3.8, 4) is 11.1 Å². The maximum absolute atomic E-state index is 13.2. The van der Waals surface area contributed by atoms with Gasteiger partial charge < -0.3 is 20.1 Å². The number of nitrogens with one attached hydrogen (secondary N) is 1. The first kappa shape index (κ1) is 23.9. The molecule has 1 aliphatic carbocycles. The van der Waals surface area contributed by atoms with E-state index in [-0.39, 0.29) is 12.5 Å². The molecule has 0 bridgehead atoms. The second kappa shape index (κ2) is 10.8. The SMILES string of the molecule is C=CCCC(NC(=O)OCC1c2ccccc2-c2ccccc21)C(=O)N1CCSCC1C(=O)O. The van der Waals surface area contributed by atoms with Gasteiger partial charge in [-0.05, 0) is 35.1 Å². The van der Waals surface area contributed by atoms with Gasteiger partial charge in [-0.2, -0.15) is 11.8 Å². The highest BCUT2D eigenvalue weighted by Crippen LogP contribution is 2.44. The first-order valence-corrected chi connectivity index (χ1v) is 12.5. The maximum atomic E-state index is 13.2. The van der Waals surface area contributed by atoms with Crippen LogP contribution in [0.1, 0.15) is 29.9 Å². The van der Waals surface area contributed by atoms with Crippen LogP contribution in [0.25, 0.3) is 11.1 Å². The molecule has 0 saturated carbocycles. The van der Waals surface area contributed by atoms with Crippen LogP contribution in [-0.2, 0) is 14.3 Å². The number of fused-ring (bicyclic) bond motifs is 3. The molecule has 2 unspecified atom stereocenters. The molecule has 178 valence electrons. The number of carbonyl (C=O) groups is 3. The largest absolute Gasteiger partial charge is 0.480 e. The second-order valence-corrected chi connectivity index (χ2v) is 9.50. The van der Waals surface area contributed by atoms with Crippen molar-refractivity contribution < 1.29 is 24.2 Å². The van der Waals surface area contributed by atoms with Crippen molar-refractivity contribution in [3.63, 3.8) is 0 Å². The molecule has 34 heavy (non-hydrogen) atoms. The van der Waals surface area contributed by atoms with Gasteiger partial charge in [0.1, 0.15) is 18.7 Å². The number of carboxylic acid groups (broad SMARTS) is 1. The molecule has 2 aromatic carbocycles. The molecule has 2 atom stereocenters. The lowest BCUT2D eigenvalue weighted by Crippen LogP contribution is -2.57. The van der Waals surface area contributed by atoms with Crippen LogP contribution >= 0.6 is 11.8 Å². The first-order chi connectivity index (χ1) is 16.5. The summed E-state index contributed by atoms with van der Waals surface area (Å²) >= 11 is 1.50. The minimum absolute atomic E-state index is 0.0870. The van der Waals surface area contributed by atoms with Crippen LogP contribution in [-0.4, -0.2) is 64.7 Å². The van der Waals surface area contributed by atoms with Crippen molar-refractivity contribution in [1.29, 1.82) is 0 Å². The van der Waals surface area contributed by atoms with E-state index >= 15 is 0 Å². The smallest absolute Gasteiger partial charge is 0.407 e. The Kier molecular flexibility index (Phi) is 7.57. The molecule has 2 amide bonds. The van der Waals surface area contributed by atoms with Crippen LogP contribution in [0.2, 0.25) is 0 Å². The Morgan fingerprint density at radius 3 is 2.41 bits per heavy atom. The molecule has 2 N–H and O–H groups in total. The third-order valence-corrected chi connectivity index (χ3v) is 7.31. The van der Waals surface area contributed by atoms with Gasteiger partial charge in [0.15, 0.2) is 0 Å². The van der Waals surface area contributed by atoms with Crippen molar-refractivity contribution >= 4 is 29.7 Å². The predicted octanol–water partition coefficient (Wildman–Crippen LogP) is 3.89. The van der Waals surface area contributed by atoms with Gasteiger partial charge in [0.25, 0.3) is 0 Å². The van der Waals surface area contributed by atoms with Crippen molar-refractivity contribution in [2.45, 2.75) is 30.8 Å². The fraction of sp³-hybridized carbons (Fsp3) is 0.346. The summed E-state index contributed by atoms with van der Waals surface area (Å²) in [5.41, 5.74) is 4.47. The Morgan fingerprint density at radius 2 is 1.79 bits per heavy atom.